The Balaban J connectivity index is 1.81. The van der Waals surface area contributed by atoms with Crippen LogP contribution in [0.4, 0.5) is 0 Å². The van der Waals surface area contributed by atoms with Crippen LogP contribution in [0.2, 0.25) is 0 Å². The zero-order chi connectivity index (χ0) is 25.4. The summed E-state index contributed by atoms with van der Waals surface area (Å²) in [6.07, 6.45) is 0. The molecule has 2 aromatic carbocycles. The number of amides is 1. The molecular formula is C26H25N5O5. The molecule has 1 N–H and O–H groups in total. The van der Waals surface area contributed by atoms with Gasteiger partial charge in [0, 0.05) is 32.0 Å². The van der Waals surface area contributed by atoms with Gasteiger partial charge < -0.3 is 18.8 Å². The van der Waals surface area contributed by atoms with Gasteiger partial charge >= 0.3 is 0 Å². The Morgan fingerprint density at radius 2 is 1.86 bits per heavy atom. The molecule has 0 fully saturated rings. The maximum absolute atomic E-state index is 13.9. The molecule has 36 heavy (non-hydrogen) atoms. The quantitative estimate of drug-likeness (QED) is 0.373. The van der Waals surface area contributed by atoms with Crippen LogP contribution in [-0.2, 0) is 4.74 Å². The number of para-hydroxylation sites is 1. The molecule has 5 rings (SSSR count). The number of carbonyl (C=O) groups is 1. The van der Waals surface area contributed by atoms with Crippen molar-refractivity contribution in [2.75, 3.05) is 34.4 Å². The molecule has 184 valence electrons. The van der Waals surface area contributed by atoms with Crippen molar-refractivity contribution in [1.29, 1.82) is 0 Å². The van der Waals surface area contributed by atoms with Gasteiger partial charge in [0.15, 0.2) is 16.7 Å². The van der Waals surface area contributed by atoms with E-state index in [0.29, 0.717) is 35.6 Å². The smallest absolute Gasteiger partial charge is 0.286 e. The van der Waals surface area contributed by atoms with Crippen molar-refractivity contribution >= 4 is 22.7 Å². The van der Waals surface area contributed by atoms with Crippen molar-refractivity contribution in [2.45, 2.75) is 6.92 Å². The fraction of sp³-hybridized carbons (Fsp3) is 0.231. The Kier molecular flexibility index (Phi) is 6.03. The number of nitrogens with zero attached hydrogens (tertiary/aromatic N) is 4. The molecule has 5 aromatic rings. The molecule has 0 aliphatic heterocycles. The summed E-state index contributed by atoms with van der Waals surface area (Å²) in [7, 11) is 4.71. The Hall–Kier alpha value is -4.44. The van der Waals surface area contributed by atoms with Crippen LogP contribution in [-0.4, -0.2) is 64.8 Å². The highest BCUT2D eigenvalue weighted by Gasteiger charge is 2.29. The number of ether oxygens (including phenoxy) is 2. The number of benzene rings is 2. The maximum Gasteiger partial charge on any atom is 0.286 e. The minimum atomic E-state index is -0.501. The van der Waals surface area contributed by atoms with Crippen LogP contribution in [0.15, 0.2) is 57.7 Å². The standard InChI is InChI=1S/C26H25N5O5/c1-15-19(16-9-6-5-7-10-16)23-27-22(26(33)30(2)13-14-34-3)20(25(32)31(23)29-15)24-28-21-17(35-4)11-8-12-18(21)36-24/h5-12,29H,13-14H2,1-4H3. The molecule has 0 saturated heterocycles. The number of aryl methyl sites for hydroxylation is 1. The van der Waals surface area contributed by atoms with Gasteiger partial charge in [0.25, 0.3) is 11.5 Å². The second-order valence-corrected chi connectivity index (χ2v) is 8.32. The SMILES string of the molecule is COCCN(C)C(=O)c1nc2c(-c3ccccc3)c(C)[nH]n2c(=O)c1-c1nc2c(OC)cccc2o1. The molecular weight excluding hydrogens is 462 g/mol. The summed E-state index contributed by atoms with van der Waals surface area (Å²) in [6.45, 7) is 2.50. The van der Waals surface area contributed by atoms with E-state index in [4.69, 9.17) is 18.9 Å². The molecule has 0 saturated carbocycles. The highest BCUT2D eigenvalue weighted by atomic mass is 16.5. The van der Waals surface area contributed by atoms with Crippen LogP contribution in [0.5, 0.6) is 5.75 Å². The van der Waals surface area contributed by atoms with Crippen molar-refractivity contribution < 1.29 is 18.7 Å². The molecule has 0 bridgehead atoms. The lowest BCUT2D eigenvalue weighted by Gasteiger charge is -2.17. The number of nitrogens with one attached hydrogen (secondary N) is 1. The van der Waals surface area contributed by atoms with Crippen LogP contribution in [0.1, 0.15) is 16.2 Å². The van der Waals surface area contributed by atoms with Crippen LogP contribution < -0.4 is 10.3 Å². The lowest BCUT2D eigenvalue weighted by atomic mass is 10.1. The maximum atomic E-state index is 13.9. The summed E-state index contributed by atoms with van der Waals surface area (Å²) in [4.78, 5) is 38.2. The second kappa shape index (κ2) is 9.31. The Labute approximate surface area is 206 Å². The number of oxazole rings is 1. The third-order valence-corrected chi connectivity index (χ3v) is 6.02. The van der Waals surface area contributed by atoms with Crippen molar-refractivity contribution in [3.63, 3.8) is 0 Å². The number of hydrogen-bond acceptors (Lipinski definition) is 7. The normalized spacial score (nSPS) is 11.3. The minimum absolute atomic E-state index is 0.0154. The Morgan fingerprint density at radius 1 is 1.08 bits per heavy atom. The average Bonchev–Trinajstić information content (AvgIpc) is 3.47. The number of carbonyl (C=O) groups excluding carboxylic acids is 1. The lowest BCUT2D eigenvalue weighted by molar-refractivity contribution is 0.0739. The summed E-state index contributed by atoms with van der Waals surface area (Å²) in [5.74, 6) is 0.0240. The number of aromatic nitrogens is 4. The van der Waals surface area contributed by atoms with Crippen LogP contribution >= 0.6 is 0 Å². The average molecular weight is 488 g/mol. The van der Waals surface area contributed by atoms with Crippen LogP contribution in [0.3, 0.4) is 0 Å². The van der Waals surface area contributed by atoms with E-state index in [1.807, 2.05) is 37.3 Å². The third kappa shape index (κ3) is 3.81. The first-order valence-electron chi connectivity index (χ1n) is 11.3. The van der Waals surface area contributed by atoms with Crippen molar-refractivity contribution in [1.82, 2.24) is 24.5 Å². The number of methoxy groups -OCH3 is 2. The summed E-state index contributed by atoms with van der Waals surface area (Å²) in [5, 5.41) is 3.09. The van der Waals surface area contributed by atoms with E-state index in [2.05, 4.69) is 10.1 Å². The molecule has 0 atom stereocenters. The van der Waals surface area contributed by atoms with Gasteiger partial charge in [-0.2, -0.15) is 0 Å². The van der Waals surface area contributed by atoms with E-state index in [1.165, 1.54) is 16.5 Å². The first-order valence-corrected chi connectivity index (χ1v) is 11.3. The summed E-state index contributed by atoms with van der Waals surface area (Å²) >= 11 is 0. The fourth-order valence-corrected chi connectivity index (χ4v) is 4.19. The van der Waals surface area contributed by atoms with E-state index >= 15 is 0 Å². The number of fused-ring (bicyclic) bond motifs is 2. The highest BCUT2D eigenvalue weighted by molar-refractivity contribution is 5.99. The summed E-state index contributed by atoms with van der Waals surface area (Å²) in [5.41, 5.74) is 2.93. The second-order valence-electron chi connectivity index (χ2n) is 8.32. The number of hydrogen-bond donors (Lipinski definition) is 1. The van der Waals surface area contributed by atoms with Gasteiger partial charge in [-0.05, 0) is 24.6 Å². The predicted octanol–water partition coefficient (Wildman–Crippen LogP) is 3.53. The molecule has 10 nitrogen and oxygen atoms in total. The Bertz CT molecular complexity index is 1630. The largest absolute Gasteiger partial charge is 0.494 e. The van der Waals surface area contributed by atoms with Gasteiger partial charge in [-0.3, -0.25) is 14.7 Å². The van der Waals surface area contributed by atoms with Crippen LogP contribution in [0, 0.1) is 6.92 Å². The van der Waals surface area contributed by atoms with E-state index < -0.39 is 11.5 Å². The van der Waals surface area contributed by atoms with E-state index in [-0.39, 0.29) is 17.1 Å². The molecule has 3 aromatic heterocycles. The Morgan fingerprint density at radius 3 is 2.58 bits per heavy atom. The number of aromatic amines is 1. The molecule has 0 spiro atoms. The molecule has 0 aliphatic carbocycles. The highest BCUT2D eigenvalue weighted by Crippen LogP contribution is 2.32. The van der Waals surface area contributed by atoms with Gasteiger partial charge in [0.05, 0.1) is 13.7 Å². The van der Waals surface area contributed by atoms with Gasteiger partial charge in [-0.15, -0.1) is 0 Å². The van der Waals surface area contributed by atoms with E-state index in [1.54, 1.807) is 32.4 Å². The summed E-state index contributed by atoms with van der Waals surface area (Å²) in [6, 6.07) is 14.8. The zero-order valence-electron chi connectivity index (χ0n) is 20.4. The van der Waals surface area contributed by atoms with Gasteiger partial charge in [0.2, 0.25) is 5.89 Å². The monoisotopic (exact) mass is 487 g/mol. The van der Waals surface area contributed by atoms with E-state index in [0.717, 1.165) is 16.8 Å². The minimum Gasteiger partial charge on any atom is -0.494 e. The van der Waals surface area contributed by atoms with Crippen molar-refractivity contribution in [3.05, 3.63) is 70.3 Å². The fourth-order valence-electron chi connectivity index (χ4n) is 4.19. The zero-order valence-corrected chi connectivity index (χ0v) is 20.4. The van der Waals surface area contributed by atoms with Gasteiger partial charge in [0.1, 0.15) is 17.0 Å². The number of rotatable bonds is 7. The molecule has 3 heterocycles. The lowest BCUT2D eigenvalue weighted by Crippen LogP contribution is -2.33. The van der Waals surface area contributed by atoms with Crippen LogP contribution in [0.25, 0.3) is 39.3 Å². The molecule has 0 unspecified atom stereocenters. The number of H-pyrrole nitrogens is 1. The summed E-state index contributed by atoms with van der Waals surface area (Å²) < 4.78 is 17.8. The van der Waals surface area contributed by atoms with Gasteiger partial charge in [-0.25, -0.2) is 14.5 Å². The first-order chi connectivity index (χ1) is 17.4. The predicted molar refractivity (Wildman–Crippen MR) is 134 cm³/mol. The van der Waals surface area contributed by atoms with Crippen molar-refractivity contribution in [3.8, 4) is 28.3 Å². The topological polar surface area (TPSA) is 115 Å². The molecule has 0 aliphatic rings. The van der Waals surface area contributed by atoms with E-state index in [9.17, 15) is 9.59 Å². The van der Waals surface area contributed by atoms with Crippen molar-refractivity contribution in [2.24, 2.45) is 0 Å². The molecule has 1 amide bonds. The molecule has 10 heteroatoms. The third-order valence-electron chi connectivity index (χ3n) is 6.02. The first kappa shape index (κ1) is 23.3. The van der Waals surface area contributed by atoms with Gasteiger partial charge in [-0.1, -0.05) is 36.4 Å². The molecule has 0 radical (unpaired) electrons. The number of likely N-dealkylation sites (N-methyl/N-ethyl adjacent to an activating group) is 1.